The van der Waals surface area contributed by atoms with Crippen LogP contribution in [0.4, 0.5) is 16.5 Å². The van der Waals surface area contributed by atoms with E-state index in [2.05, 4.69) is 46.4 Å². The summed E-state index contributed by atoms with van der Waals surface area (Å²) >= 11 is 7.36. The number of halogens is 1. The number of anilines is 3. The third kappa shape index (κ3) is 3.69. The fraction of sp³-hybridized carbons (Fsp3) is 0.438. The maximum atomic E-state index is 5.77. The van der Waals surface area contributed by atoms with Gasteiger partial charge in [-0.2, -0.15) is 0 Å². The van der Waals surface area contributed by atoms with E-state index in [4.69, 9.17) is 11.6 Å². The van der Waals surface area contributed by atoms with Crippen LogP contribution in [0.15, 0.2) is 29.6 Å². The van der Waals surface area contributed by atoms with Crippen molar-refractivity contribution in [2.45, 2.75) is 25.6 Å². The molecule has 5 heteroatoms. The molecule has 1 fully saturated rings. The molecule has 0 amide bonds. The molecule has 21 heavy (non-hydrogen) atoms. The zero-order valence-corrected chi connectivity index (χ0v) is 13.8. The Morgan fingerprint density at radius 2 is 2.00 bits per heavy atom. The lowest BCUT2D eigenvalue weighted by atomic mass is 9.99. The first kappa shape index (κ1) is 14.7. The van der Waals surface area contributed by atoms with Crippen LogP contribution in [0.2, 0.25) is 0 Å². The van der Waals surface area contributed by atoms with Crippen LogP contribution in [0.1, 0.15) is 25.5 Å². The molecule has 0 unspecified atom stereocenters. The highest BCUT2D eigenvalue weighted by molar-refractivity contribution is 7.13. The van der Waals surface area contributed by atoms with E-state index >= 15 is 0 Å². The van der Waals surface area contributed by atoms with Gasteiger partial charge in [-0.25, -0.2) is 4.98 Å². The molecule has 2 heterocycles. The minimum absolute atomic E-state index is 0.463. The van der Waals surface area contributed by atoms with Gasteiger partial charge < -0.3 is 10.2 Å². The summed E-state index contributed by atoms with van der Waals surface area (Å²) in [7, 11) is 0. The summed E-state index contributed by atoms with van der Waals surface area (Å²) in [5.74, 6) is 1.33. The van der Waals surface area contributed by atoms with Crippen molar-refractivity contribution in [2.75, 3.05) is 23.3 Å². The van der Waals surface area contributed by atoms with Crippen molar-refractivity contribution in [3.63, 3.8) is 0 Å². The number of rotatable bonds is 4. The number of thiazole rings is 1. The molecule has 0 spiro atoms. The first-order chi connectivity index (χ1) is 10.2. The Morgan fingerprint density at radius 3 is 2.62 bits per heavy atom. The van der Waals surface area contributed by atoms with Gasteiger partial charge in [0.15, 0.2) is 5.13 Å². The Hall–Kier alpha value is -1.26. The molecule has 112 valence electrons. The van der Waals surface area contributed by atoms with Gasteiger partial charge in [-0.05, 0) is 43.0 Å². The number of aromatic nitrogens is 1. The van der Waals surface area contributed by atoms with Crippen molar-refractivity contribution in [3.05, 3.63) is 35.3 Å². The Balaban J connectivity index is 1.63. The molecule has 3 rings (SSSR count). The van der Waals surface area contributed by atoms with Crippen LogP contribution >= 0.6 is 22.9 Å². The van der Waals surface area contributed by atoms with Gasteiger partial charge in [-0.3, -0.25) is 0 Å². The summed E-state index contributed by atoms with van der Waals surface area (Å²) in [6.45, 7) is 4.67. The summed E-state index contributed by atoms with van der Waals surface area (Å²) in [5, 5.41) is 6.20. The van der Waals surface area contributed by atoms with Crippen molar-refractivity contribution in [1.82, 2.24) is 4.98 Å². The number of hydrogen-bond donors (Lipinski definition) is 1. The molecule has 0 aliphatic carbocycles. The fourth-order valence-corrected chi connectivity index (χ4v) is 3.53. The summed E-state index contributed by atoms with van der Waals surface area (Å²) in [6.07, 6.45) is 2.58. The van der Waals surface area contributed by atoms with Gasteiger partial charge in [0.1, 0.15) is 0 Å². The third-order valence-corrected chi connectivity index (χ3v) is 5.04. The Bertz CT molecular complexity index is 573. The van der Waals surface area contributed by atoms with E-state index in [-0.39, 0.29) is 0 Å². The molecule has 3 nitrogen and oxygen atoms in total. The van der Waals surface area contributed by atoms with Crippen LogP contribution in [0.3, 0.4) is 0 Å². The maximum absolute atomic E-state index is 5.77. The Labute approximate surface area is 135 Å². The van der Waals surface area contributed by atoms with Crippen molar-refractivity contribution in [3.8, 4) is 0 Å². The molecule has 1 N–H and O–H groups in total. The molecule has 0 radical (unpaired) electrons. The lowest BCUT2D eigenvalue weighted by Crippen LogP contribution is -2.32. The van der Waals surface area contributed by atoms with E-state index in [1.54, 1.807) is 11.3 Å². The molecular weight excluding hydrogens is 302 g/mol. The summed E-state index contributed by atoms with van der Waals surface area (Å²) in [5.41, 5.74) is 3.30. The molecule has 0 atom stereocenters. The highest BCUT2D eigenvalue weighted by atomic mass is 35.5. The highest BCUT2D eigenvalue weighted by Gasteiger charge is 2.15. The van der Waals surface area contributed by atoms with Gasteiger partial charge in [0.2, 0.25) is 0 Å². The van der Waals surface area contributed by atoms with E-state index in [1.165, 1.54) is 31.6 Å². The van der Waals surface area contributed by atoms with Crippen molar-refractivity contribution >= 4 is 39.4 Å². The summed E-state index contributed by atoms with van der Waals surface area (Å²) in [6, 6.07) is 8.62. The van der Waals surface area contributed by atoms with Crippen LogP contribution < -0.4 is 10.2 Å². The number of piperidine rings is 1. The van der Waals surface area contributed by atoms with Crippen LogP contribution in [0.5, 0.6) is 0 Å². The van der Waals surface area contributed by atoms with Gasteiger partial charge in [0.05, 0.1) is 11.6 Å². The normalized spacial score (nSPS) is 16.2. The molecule has 1 aromatic carbocycles. The van der Waals surface area contributed by atoms with Gasteiger partial charge in [-0.15, -0.1) is 22.9 Å². The molecule has 0 saturated carbocycles. The lowest BCUT2D eigenvalue weighted by Gasteiger charge is -2.32. The first-order valence-electron chi connectivity index (χ1n) is 7.37. The van der Waals surface area contributed by atoms with E-state index in [0.29, 0.717) is 5.88 Å². The largest absolute Gasteiger partial charge is 0.372 e. The summed E-state index contributed by atoms with van der Waals surface area (Å²) < 4.78 is 0. The monoisotopic (exact) mass is 321 g/mol. The quantitative estimate of drug-likeness (QED) is 0.815. The smallest absolute Gasteiger partial charge is 0.187 e. The zero-order valence-electron chi connectivity index (χ0n) is 12.2. The van der Waals surface area contributed by atoms with E-state index < -0.39 is 0 Å². The van der Waals surface area contributed by atoms with Gasteiger partial charge in [-0.1, -0.05) is 6.92 Å². The SMILES string of the molecule is CC1CCN(c2ccc(Nc3nc(CCl)cs3)cc2)CC1. The molecular formula is C16H20ClN3S. The molecule has 1 aliphatic heterocycles. The van der Waals surface area contributed by atoms with Gasteiger partial charge in [0.25, 0.3) is 0 Å². The van der Waals surface area contributed by atoms with Gasteiger partial charge in [0, 0.05) is 29.8 Å². The topological polar surface area (TPSA) is 28.2 Å². The van der Waals surface area contributed by atoms with Crippen LogP contribution in [0.25, 0.3) is 0 Å². The number of nitrogens with one attached hydrogen (secondary N) is 1. The predicted octanol–water partition coefficient (Wildman–Crippen LogP) is 4.86. The standard InChI is InChI=1S/C16H20ClN3S/c1-12-6-8-20(9-7-12)15-4-2-13(3-5-15)18-16-19-14(10-17)11-21-16/h2-5,11-12H,6-10H2,1H3,(H,18,19). The number of benzene rings is 1. The predicted molar refractivity (Wildman–Crippen MR) is 92.0 cm³/mol. The average molecular weight is 322 g/mol. The van der Waals surface area contributed by atoms with Crippen molar-refractivity contribution < 1.29 is 0 Å². The molecule has 1 aromatic heterocycles. The summed E-state index contributed by atoms with van der Waals surface area (Å²) in [4.78, 5) is 6.88. The zero-order chi connectivity index (χ0) is 14.7. The van der Waals surface area contributed by atoms with E-state index in [1.807, 2.05) is 5.38 Å². The second kappa shape index (κ2) is 6.67. The maximum Gasteiger partial charge on any atom is 0.187 e. The average Bonchev–Trinajstić information content (AvgIpc) is 2.97. The van der Waals surface area contributed by atoms with Crippen molar-refractivity contribution in [1.29, 1.82) is 0 Å². The first-order valence-corrected chi connectivity index (χ1v) is 8.78. The molecule has 1 aliphatic rings. The number of alkyl halides is 1. The number of nitrogens with zero attached hydrogens (tertiary/aromatic N) is 2. The third-order valence-electron chi connectivity index (χ3n) is 3.96. The van der Waals surface area contributed by atoms with Crippen LogP contribution in [-0.4, -0.2) is 18.1 Å². The molecule has 1 saturated heterocycles. The van der Waals surface area contributed by atoms with Gasteiger partial charge >= 0.3 is 0 Å². The minimum Gasteiger partial charge on any atom is -0.372 e. The fourth-order valence-electron chi connectivity index (χ4n) is 2.57. The van der Waals surface area contributed by atoms with E-state index in [0.717, 1.165) is 22.4 Å². The van der Waals surface area contributed by atoms with Crippen molar-refractivity contribution in [2.24, 2.45) is 5.92 Å². The lowest BCUT2D eigenvalue weighted by molar-refractivity contribution is 0.438. The van der Waals surface area contributed by atoms with Crippen LogP contribution in [-0.2, 0) is 5.88 Å². The minimum atomic E-state index is 0.463. The highest BCUT2D eigenvalue weighted by Crippen LogP contribution is 2.26. The van der Waals surface area contributed by atoms with Crippen LogP contribution in [0, 0.1) is 5.92 Å². The van der Waals surface area contributed by atoms with E-state index in [9.17, 15) is 0 Å². The Kier molecular flexibility index (Phi) is 4.66. The second-order valence-electron chi connectivity index (χ2n) is 5.62. The Morgan fingerprint density at radius 1 is 1.29 bits per heavy atom. The number of hydrogen-bond acceptors (Lipinski definition) is 4. The second-order valence-corrected chi connectivity index (χ2v) is 6.74. The molecule has 0 bridgehead atoms. The molecule has 2 aromatic rings.